The van der Waals surface area contributed by atoms with Crippen LogP contribution in [-0.2, 0) is 32.9 Å². The van der Waals surface area contributed by atoms with Gasteiger partial charge in [0.1, 0.15) is 11.0 Å². The van der Waals surface area contributed by atoms with Crippen molar-refractivity contribution < 1.29 is 40.0 Å². The van der Waals surface area contributed by atoms with Gasteiger partial charge in [0, 0.05) is 53.2 Å². The number of aromatic amines is 2. The molecule has 0 fully saturated rings. The lowest BCUT2D eigenvalue weighted by molar-refractivity contribution is -0.385. The third kappa shape index (κ3) is 9.73. The van der Waals surface area contributed by atoms with Gasteiger partial charge in [0.05, 0.1) is 31.8 Å². The Bertz CT molecular complexity index is 4170. The molecule has 18 nitrogen and oxygen atoms in total. The Morgan fingerprint density at radius 1 is 0.595 bits per heavy atom. The van der Waals surface area contributed by atoms with E-state index in [4.69, 9.17) is 15.2 Å². The second kappa shape index (κ2) is 20.1. The van der Waals surface area contributed by atoms with Crippen LogP contribution in [0.3, 0.4) is 0 Å². The molecule has 374 valence electrons. The Hall–Kier alpha value is -9.28. The highest BCUT2D eigenvalue weighted by atomic mass is 32.2. The van der Waals surface area contributed by atoms with Gasteiger partial charge in [-0.2, -0.15) is 10.2 Å². The third-order valence-corrected chi connectivity index (χ3v) is 15.1. The number of nitrogens with two attached hydrogens (primary N) is 1. The summed E-state index contributed by atoms with van der Waals surface area (Å²) in [5.41, 5.74) is 7.02. The Labute approximate surface area is 419 Å². The van der Waals surface area contributed by atoms with Gasteiger partial charge in [-0.3, -0.25) is 19.7 Å². The summed E-state index contributed by atoms with van der Waals surface area (Å²) in [6.07, 6.45) is 2.77. The van der Waals surface area contributed by atoms with Crippen LogP contribution in [0.5, 0.6) is 23.0 Å². The Kier molecular flexibility index (Phi) is 13.5. The lowest BCUT2D eigenvalue weighted by atomic mass is 10.1. The van der Waals surface area contributed by atoms with E-state index in [0.717, 1.165) is 14.0 Å². The van der Waals surface area contributed by atoms with Crippen molar-refractivity contribution in [3.05, 3.63) is 234 Å². The first kappa shape index (κ1) is 49.7. The zero-order valence-corrected chi connectivity index (χ0v) is 40.5. The van der Waals surface area contributed by atoms with Gasteiger partial charge in [-0.25, -0.2) is 43.8 Å². The van der Waals surface area contributed by atoms with Gasteiger partial charge in [-0.05, 0) is 97.8 Å². The predicted octanol–water partition coefficient (Wildman–Crippen LogP) is 9.07. The summed E-state index contributed by atoms with van der Waals surface area (Å²) in [5, 5.41) is 25.4. The van der Waals surface area contributed by atoms with E-state index in [1.54, 1.807) is 98.8 Å². The maximum Gasteiger partial charge on any atom is 0.314 e. The molecule has 0 unspecified atom stereocenters. The fourth-order valence-electron chi connectivity index (χ4n) is 7.97. The molecule has 0 saturated heterocycles. The van der Waals surface area contributed by atoms with E-state index in [0.29, 0.717) is 33.3 Å². The number of para-hydroxylation sites is 2. The van der Waals surface area contributed by atoms with Gasteiger partial charge < -0.3 is 15.2 Å². The fourth-order valence-corrected chi connectivity index (χ4v) is 10.7. The van der Waals surface area contributed by atoms with E-state index in [2.05, 4.69) is 20.4 Å². The number of ether oxygens (including phenoxy) is 2. The number of hydrogen-bond donors (Lipinski definition) is 3. The quantitative estimate of drug-likeness (QED) is 0.0554. The van der Waals surface area contributed by atoms with Crippen molar-refractivity contribution in [1.82, 2.24) is 28.3 Å². The molecule has 4 N–H and O–H groups in total. The molecule has 0 bridgehead atoms. The molecule has 4 aromatic heterocycles. The average Bonchev–Trinajstić information content (AvgIpc) is 4.05. The number of nitrogens with one attached hydrogen (secondary N) is 2. The summed E-state index contributed by atoms with van der Waals surface area (Å²) in [5.74, 6) is -2.59. The van der Waals surface area contributed by atoms with Crippen LogP contribution in [0.2, 0.25) is 0 Å². The number of aryl methyl sites for hydroxylation is 2. The monoisotopic (exact) mass is 1040 g/mol. The maximum absolute atomic E-state index is 15.7. The Morgan fingerprint density at radius 2 is 1.03 bits per heavy atom. The molecule has 6 aromatic carbocycles. The second-order valence-corrected chi connectivity index (χ2v) is 20.3. The molecule has 0 atom stereocenters. The summed E-state index contributed by atoms with van der Waals surface area (Å²) < 4.78 is 98.5. The van der Waals surface area contributed by atoms with Crippen molar-refractivity contribution in [2.45, 2.75) is 36.5 Å². The zero-order valence-electron chi connectivity index (χ0n) is 38.9. The number of anilines is 1. The van der Waals surface area contributed by atoms with Crippen LogP contribution in [0, 0.1) is 35.6 Å². The van der Waals surface area contributed by atoms with Crippen LogP contribution >= 0.6 is 0 Å². The fraction of sp³-hybridized carbons (Fsp3) is 0.0769. The van der Waals surface area contributed by atoms with Crippen molar-refractivity contribution in [1.29, 1.82) is 0 Å². The molecule has 74 heavy (non-hydrogen) atoms. The largest absolute Gasteiger partial charge is 0.450 e. The average molecular weight is 1040 g/mol. The Balaban J connectivity index is 0.000000182. The van der Waals surface area contributed by atoms with E-state index >= 15 is 8.78 Å². The van der Waals surface area contributed by atoms with Gasteiger partial charge in [-0.15, -0.1) is 0 Å². The lowest BCUT2D eigenvalue weighted by Crippen LogP contribution is -2.13. The summed E-state index contributed by atoms with van der Waals surface area (Å²) in [6, 6.07) is 36.9. The van der Waals surface area contributed by atoms with Crippen molar-refractivity contribution in [3.63, 3.8) is 0 Å². The van der Waals surface area contributed by atoms with E-state index in [1.807, 2.05) is 0 Å². The number of H-pyrrole nitrogens is 2. The predicted molar refractivity (Wildman–Crippen MR) is 271 cm³/mol. The molecule has 22 heteroatoms. The highest BCUT2D eigenvalue weighted by Crippen LogP contribution is 2.41. The van der Waals surface area contributed by atoms with E-state index in [1.165, 1.54) is 67.0 Å². The van der Waals surface area contributed by atoms with Gasteiger partial charge >= 0.3 is 5.69 Å². The van der Waals surface area contributed by atoms with Crippen molar-refractivity contribution in [3.8, 4) is 23.0 Å². The molecule has 10 rings (SSSR count). The third-order valence-electron chi connectivity index (χ3n) is 11.7. The van der Waals surface area contributed by atoms with Crippen LogP contribution in [-0.4, -0.2) is 50.1 Å². The second-order valence-electron chi connectivity index (χ2n) is 16.6. The minimum absolute atomic E-state index is 0.0233. The van der Waals surface area contributed by atoms with Crippen LogP contribution in [0.25, 0.3) is 21.8 Å². The van der Waals surface area contributed by atoms with Gasteiger partial charge in [0.25, 0.3) is 31.2 Å². The van der Waals surface area contributed by atoms with Crippen LogP contribution in [0.4, 0.5) is 20.2 Å². The maximum atomic E-state index is 15.7. The minimum atomic E-state index is -4.06. The van der Waals surface area contributed by atoms with Gasteiger partial charge in [0.2, 0.25) is 5.75 Å². The topological polar surface area (TPSA) is 257 Å². The van der Waals surface area contributed by atoms with Gasteiger partial charge in [-0.1, -0.05) is 66.7 Å². The van der Waals surface area contributed by atoms with Crippen LogP contribution < -0.4 is 26.3 Å². The van der Waals surface area contributed by atoms with E-state index in [9.17, 15) is 36.5 Å². The summed E-state index contributed by atoms with van der Waals surface area (Å²) in [7, 11) is -8.00. The first-order valence-corrected chi connectivity index (χ1v) is 25.1. The number of rotatable bonds is 13. The highest BCUT2D eigenvalue weighted by molar-refractivity contribution is 7.90. The molecular formula is C52H40F2N8O10S2. The first-order chi connectivity index (χ1) is 35.4. The molecule has 10 aromatic rings. The number of halogens is 2. The molecule has 0 aliphatic heterocycles. The number of nitrogens with zero attached hydrogens (tertiary/aromatic N) is 5. The van der Waals surface area contributed by atoms with E-state index < -0.39 is 48.0 Å². The Morgan fingerprint density at radius 3 is 1.47 bits per heavy atom. The standard InChI is InChI=1S/C26H19FN4O6S.C26H21FN4O4S/c1-16-14-19(28-29-26(16)32)15-18-10-11-21(31(33)34)25(23(18)27)37-22-9-5-6-17-12-13-30(24(17)22)38(35,36)20-7-3-2-4-8-20;1-16-14-19(29-30-26(16)32)15-18-10-11-21(28)25(23(18)27)35-22-9-5-6-17-12-13-31(24(17)22)36(33,34)20-7-3-2-4-8-20/h2-14H,15H2,1H3,(H,29,32);2-14H,15,28H2,1H3,(H,30,32). The zero-order chi connectivity index (χ0) is 52.5. The first-order valence-electron chi connectivity index (χ1n) is 22.2. The molecule has 0 spiro atoms. The summed E-state index contributed by atoms with van der Waals surface area (Å²) in [4.78, 5) is 34.3. The number of nitro benzene ring substituents is 1. The van der Waals surface area contributed by atoms with Crippen molar-refractivity contribution in [2.75, 3.05) is 5.73 Å². The van der Waals surface area contributed by atoms with E-state index in [-0.39, 0.29) is 78.8 Å². The normalized spacial score (nSPS) is 11.6. The van der Waals surface area contributed by atoms with Crippen LogP contribution in [0.15, 0.2) is 177 Å². The number of aromatic nitrogens is 6. The number of fused-ring (bicyclic) bond motifs is 2. The SMILES string of the molecule is Cc1cc(Cc2ccc(N)c(Oc3cccc4ccn(S(=O)(=O)c5ccccc5)c34)c2F)n[nH]c1=O.Cc1cc(Cc2ccc([N+](=O)[O-])c(Oc3cccc4ccn(S(=O)(=O)c5ccccc5)c34)c2F)n[nH]c1=O. The summed E-state index contributed by atoms with van der Waals surface area (Å²) >= 11 is 0. The van der Waals surface area contributed by atoms with Crippen LogP contribution in [0.1, 0.15) is 33.6 Å². The number of nitro groups is 1. The molecule has 4 heterocycles. The van der Waals surface area contributed by atoms with Crippen molar-refractivity contribution in [2.24, 2.45) is 0 Å². The molecule has 0 aliphatic carbocycles. The number of hydrogen-bond acceptors (Lipinski definition) is 13. The number of nitrogen functional groups attached to an aromatic ring is 1. The smallest absolute Gasteiger partial charge is 0.314 e. The minimum Gasteiger partial charge on any atom is -0.450 e. The van der Waals surface area contributed by atoms with Gasteiger partial charge in [0.15, 0.2) is 28.9 Å². The highest BCUT2D eigenvalue weighted by Gasteiger charge is 2.28. The molecule has 0 saturated carbocycles. The summed E-state index contributed by atoms with van der Waals surface area (Å²) in [6.45, 7) is 3.21. The molecular weight excluding hydrogens is 999 g/mol. The lowest BCUT2D eigenvalue weighted by Gasteiger charge is -2.15. The number of benzene rings is 6. The molecule has 0 aliphatic rings. The molecule has 0 radical (unpaired) electrons. The van der Waals surface area contributed by atoms with Crippen molar-refractivity contribution >= 4 is 53.2 Å². The molecule has 0 amide bonds.